The second-order valence-corrected chi connectivity index (χ2v) is 6.16. The number of hydrogen-bond acceptors (Lipinski definition) is 3. The number of carbonyl (C=O) groups is 1. The first-order chi connectivity index (χ1) is 10.3. The molecule has 5 nitrogen and oxygen atoms in total. The maximum atomic E-state index is 13.8. The van der Waals surface area contributed by atoms with Crippen molar-refractivity contribution in [3.05, 3.63) is 35.3 Å². The highest BCUT2D eigenvalue weighted by Gasteiger charge is 2.38. The van der Waals surface area contributed by atoms with Crippen LogP contribution in [0.4, 0.5) is 4.39 Å². The summed E-state index contributed by atoms with van der Waals surface area (Å²) in [7, 11) is 0. The molecule has 2 atom stereocenters. The van der Waals surface area contributed by atoms with E-state index in [1.807, 2.05) is 0 Å². The van der Waals surface area contributed by atoms with Gasteiger partial charge in [0.25, 0.3) is 5.91 Å². The minimum atomic E-state index is -1.18. The number of likely N-dealkylation sites (tertiary alicyclic amines) is 1. The van der Waals surface area contributed by atoms with Gasteiger partial charge in [0.05, 0.1) is 17.2 Å². The van der Waals surface area contributed by atoms with Crippen LogP contribution in [0, 0.1) is 12.7 Å². The minimum Gasteiger partial charge on any atom is -0.388 e. The van der Waals surface area contributed by atoms with E-state index in [-0.39, 0.29) is 12.5 Å². The van der Waals surface area contributed by atoms with Gasteiger partial charge in [-0.3, -0.25) is 4.79 Å². The molecule has 0 radical (unpaired) electrons. The van der Waals surface area contributed by atoms with Crippen molar-refractivity contribution < 1.29 is 19.4 Å². The predicted molar refractivity (Wildman–Crippen MR) is 80.1 cm³/mol. The summed E-state index contributed by atoms with van der Waals surface area (Å²) in [6.45, 7) is 3.73. The van der Waals surface area contributed by atoms with Crippen molar-refractivity contribution >= 4 is 16.8 Å². The summed E-state index contributed by atoms with van der Waals surface area (Å²) in [6, 6.07) is 4.71. The second-order valence-electron chi connectivity index (χ2n) is 6.16. The number of benzene rings is 1. The molecule has 1 aromatic carbocycles. The molecule has 1 saturated heterocycles. The summed E-state index contributed by atoms with van der Waals surface area (Å²) in [6.07, 6.45) is -0.695. The highest BCUT2D eigenvalue weighted by atomic mass is 19.1. The molecule has 0 unspecified atom stereocenters. The van der Waals surface area contributed by atoms with Crippen LogP contribution >= 0.6 is 0 Å². The Morgan fingerprint density at radius 2 is 2.23 bits per heavy atom. The van der Waals surface area contributed by atoms with Crippen molar-refractivity contribution in [2.45, 2.75) is 32.0 Å². The number of hydrogen-bond donors (Lipinski definition) is 3. The van der Waals surface area contributed by atoms with Gasteiger partial charge in [0, 0.05) is 18.5 Å². The van der Waals surface area contributed by atoms with Gasteiger partial charge in [-0.2, -0.15) is 0 Å². The molecule has 0 saturated carbocycles. The van der Waals surface area contributed by atoms with Crippen molar-refractivity contribution in [1.29, 1.82) is 0 Å². The highest BCUT2D eigenvalue weighted by Crippen LogP contribution is 2.27. The Labute approximate surface area is 127 Å². The standard InChI is InChI=1S/C16H19FN2O3/c1-9-10-4-3-5-11(17)14(10)18-13(9)15(21)19-7-6-16(2,22)12(20)8-19/h3-5,12,18,20,22H,6-8H2,1-2H3/t12-,16-/m1/s1. The van der Waals surface area contributed by atoms with Crippen molar-refractivity contribution in [2.75, 3.05) is 13.1 Å². The van der Waals surface area contributed by atoms with Crippen LogP contribution in [0.2, 0.25) is 0 Å². The zero-order valence-electron chi connectivity index (χ0n) is 12.6. The number of piperidine rings is 1. The summed E-state index contributed by atoms with van der Waals surface area (Å²) < 4.78 is 13.8. The summed E-state index contributed by atoms with van der Waals surface area (Å²) in [4.78, 5) is 17.0. The lowest BCUT2D eigenvalue weighted by atomic mass is 9.90. The van der Waals surface area contributed by atoms with Gasteiger partial charge in [-0.1, -0.05) is 12.1 Å². The third-order valence-corrected chi connectivity index (χ3v) is 4.54. The molecule has 0 aliphatic carbocycles. The fourth-order valence-electron chi connectivity index (χ4n) is 2.90. The molecule has 118 valence electrons. The zero-order chi connectivity index (χ0) is 16.1. The van der Waals surface area contributed by atoms with Crippen molar-refractivity contribution in [2.24, 2.45) is 0 Å². The Morgan fingerprint density at radius 3 is 2.86 bits per heavy atom. The number of amides is 1. The Bertz CT molecular complexity index is 738. The number of aliphatic hydroxyl groups is 2. The van der Waals surface area contributed by atoms with Gasteiger partial charge in [0.1, 0.15) is 11.5 Å². The van der Waals surface area contributed by atoms with Crippen LogP contribution in [0.25, 0.3) is 10.9 Å². The number of aromatic nitrogens is 1. The van der Waals surface area contributed by atoms with Crippen LogP contribution < -0.4 is 0 Å². The summed E-state index contributed by atoms with van der Waals surface area (Å²) in [5, 5.41) is 20.6. The largest absolute Gasteiger partial charge is 0.388 e. The van der Waals surface area contributed by atoms with Crippen molar-refractivity contribution in [1.82, 2.24) is 9.88 Å². The molecular formula is C16H19FN2O3. The molecule has 22 heavy (non-hydrogen) atoms. The van der Waals surface area contributed by atoms with Crippen LogP contribution in [0.5, 0.6) is 0 Å². The monoisotopic (exact) mass is 306 g/mol. The Hall–Kier alpha value is -1.92. The average Bonchev–Trinajstić information content (AvgIpc) is 2.80. The van der Waals surface area contributed by atoms with E-state index in [0.717, 1.165) is 0 Å². The van der Waals surface area contributed by atoms with Crippen LogP contribution in [0.3, 0.4) is 0 Å². The number of rotatable bonds is 1. The number of carbonyl (C=O) groups excluding carboxylic acids is 1. The number of aliphatic hydroxyl groups excluding tert-OH is 1. The lowest BCUT2D eigenvalue weighted by Crippen LogP contribution is -2.55. The van der Waals surface area contributed by atoms with Gasteiger partial charge >= 0.3 is 0 Å². The van der Waals surface area contributed by atoms with Crippen molar-refractivity contribution in [3.8, 4) is 0 Å². The van der Waals surface area contributed by atoms with Crippen LogP contribution in [0.1, 0.15) is 29.4 Å². The lowest BCUT2D eigenvalue weighted by Gasteiger charge is -2.39. The Balaban J connectivity index is 1.93. The second kappa shape index (κ2) is 5.07. The summed E-state index contributed by atoms with van der Waals surface area (Å²) >= 11 is 0. The van der Waals surface area contributed by atoms with E-state index in [4.69, 9.17) is 0 Å². The molecule has 0 bridgehead atoms. The maximum absolute atomic E-state index is 13.8. The van der Waals surface area contributed by atoms with Gasteiger partial charge in [-0.25, -0.2) is 4.39 Å². The first-order valence-electron chi connectivity index (χ1n) is 7.28. The molecule has 2 aromatic rings. The number of β-amino-alcohol motifs (C(OH)–C–C–N with tert-alkyl or cyclic N) is 1. The molecule has 0 spiro atoms. The quantitative estimate of drug-likeness (QED) is 0.748. The average molecular weight is 306 g/mol. The van der Waals surface area contributed by atoms with E-state index in [2.05, 4.69) is 4.98 Å². The number of nitrogens with one attached hydrogen (secondary N) is 1. The maximum Gasteiger partial charge on any atom is 0.270 e. The SMILES string of the molecule is Cc1c(C(=O)N2CC[C@@](C)(O)[C@H](O)C2)[nH]c2c(F)cccc12. The van der Waals surface area contributed by atoms with E-state index in [9.17, 15) is 19.4 Å². The Kier molecular flexibility index (Phi) is 3.45. The number of halogens is 1. The van der Waals surface area contributed by atoms with E-state index >= 15 is 0 Å². The minimum absolute atomic E-state index is 0.0587. The van der Waals surface area contributed by atoms with E-state index in [0.29, 0.717) is 35.1 Å². The molecule has 1 aliphatic rings. The van der Waals surface area contributed by atoms with E-state index in [1.165, 1.54) is 11.0 Å². The molecule has 3 N–H and O–H groups in total. The van der Waals surface area contributed by atoms with Gasteiger partial charge in [0.2, 0.25) is 0 Å². The fourth-order valence-corrected chi connectivity index (χ4v) is 2.90. The smallest absolute Gasteiger partial charge is 0.270 e. The molecule has 1 fully saturated rings. The third-order valence-electron chi connectivity index (χ3n) is 4.54. The number of nitrogens with zero attached hydrogens (tertiary/aromatic N) is 1. The fraction of sp³-hybridized carbons (Fsp3) is 0.438. The molecule has 3 rings (SSSR count). The summed E-state index contributed by atoms with van der Waals surface area (Å²) in [5.74, 6) is -0.691. The number of aromatic amines is 1. The topological polar surface area (TPSA) is 76.6 Å². The molecule has 2 heterocycles. The molecule has 1 aliphatic heterocycles. The van der Waals surface area contributed by atoms with Crippen molar-refractivity contribution in [3.63, 3.8) is 0 Å². The number of H-pyrrole nitrogens is 1. The number of fused-ring (bicyclic) bond motifs is 1. The van der Waals surface area contributed by atoms with Gasteiger partial charge in [-0.05, 0) is 31.9 Å². The molecule has 1 amide bonds. The van der Waals surface area contributed by atoms with Gasteiger partial charge in [-0.15, -0.1) is 0 Å². The normalized spacial score (nSPS) is 25.7. The molecule has 1 aromatic heterocycles. The number of para-hydroxylation sites is 1. The van der Waals surface area contributed by atoms with Gasteiger partial charge in [0.15, 0.2) is 0 Å². The first kappa shape index (κ1) is 15.0. The molecule has 6 heteroatoms. The summed E-state index contributed by atoms with van der Waals surface area (Å²) in [5.41, 5.74) is 0.145. The first-order valence-corrected chi connectivity index (χ1v) is 7.28. The van der Waals surface area contributed by atoms with Crippen LogP contribution in [-0.2, 0) is 0 Å². The highest BCUT2D eigenvalue weighted by molar-refractivity contribution is 6.01. The third kappa shape index (κ3) is 2.28. The predicted octanol–water partition coefficient (Wildman–Crippen LogP) is 1.57. The Morgan fingerprint density at radius 1 is 1.50 bits per heavy atom. The van der Waals surface area contributed by atoms with Gasteiger partial charge < -0.3 is 20.1 Å². The van der Waals surface area contributed by atoms with Crippen LogP contribution in [-0.4, -0.2) is 50.8 Å². The number of aryl methyl sites for hydroxylation is 1. The van der Waals surface area contributed by atoms with Crippen LogP contribution in [0.15, 0.2) is 18.2 Å². The lowest BCUT2D eigenvalue weighted by molar-refractivity contribution is -0.0999. The zero-order valence-corrected chi connectivity index (χ0v) is 12.6. The van der Waals surface area contributed by atoms with E-state index in [1.54, 1.807) is 26.0 Å². The van der Waals surface area contributed by atoms with E-state index < -0.39 is 17.5 Å². The molecular weight excluding hydrogens is 287 g/mol.